The molecule has 22 heavy (non-hydrogen) atoms. The van der Waals surface area contributed by atoms with E-state index in [0.29, 0.717) is 6.42 Å². The van der Waals surface area contributed by atoms with Gasteiger partial charge in [0.25, 0.3) is 0 Å². The lowest BCUT2D eigenvalue weighted by atomic mass is 9.91. The Morgan fingerprint density at radius 3 is 2.59 bits per heavy atom. The van der Waals surface area contributed by atoms with Crippen molar-refractivity contribution in [3.8, 4) is 0 Å². The van der Waals surface area contributed by atoms with Crippen molar-refractivity contribution >= 4 is 16.6 Å². The smallest absolute Gasteiger partial charge is 0.155 e. The molecule has 0 radical (unpaired) electrons. The molecule has 0 saturated heterocycles. The second-order valence-corrected chi connectivity index (χ2v) is 7.15. The summed E-state index contributed by atoms with van der Waals surface area (Å²) in [5, 5.41) is 1.85. The van der Waals surface area contributed by atoms with Crippen LogP contribution in [-0.2, 0) is 15.6 Å². The lowest BCUT2D eigenvalue weighted by Crippen LogP contribution is -2.05. The van der Waals surface area contributed by atoms with Crippen LogP contribution in [0.5, 0.6) is 0 Å². The Morgan fingerprint density at radius 2 is 1.95 bits per heavy atom. The molecular weight excluding hydrogens is 292 g/mol. The van der Waals surface area contributed by atoms with E-state index in [1.165, 1.54) is 0 Å². The number of benzene rings is 1. The van der Waals surface area contributed by atoms with Crippen LogP contribution in [0.1, 0.15) is 51.0 Å². The van der Waals surface area contributed by atoms with Crippen LogP contribution in [0.3, 0.4) is 0 Å². The average molecular weight is 316 g/mol. The quantitative estimate of drug-likeness (QED) is 0.751. The minimum absolute atomic E-state index is 0.199. The summed E-state index contributed by atoms with van der Waals surface area (Å²) in [7, 11) is -1.15. The van der Waals surface area contributed by atoms with Crippen molar-refractivity contribution in [2.45, 2.75) is 57.3 Å². The van der Waals surface area contributed by atoms with E-state index >= 15 is 0 Å². The van der Waals surface area contributed by atoms with Crippen LogP contribution >= 0.6 is 0 Å². The standard InChI is InChI=1S/C19H24O2S/c1-3-4-6-17(16-7-5-8-18(20)13-16)14-22(21)19-11-9-15(2)10-12-19/h9-14H,3-8H2,1-2H3/b17-14-. The highest BCUT2D eigenvalue weighted by Gasteiger charge is 2.14. The Bertz CT molecular complexity index is 609. The van der Waals surface area contributed by atoms with Crippen LogP contribution in [0.25, 0.3) is 0 Å². The Morgan fingerprint density at radius 1 is 1.23 bits per heavy atom. The fourth-order valence-electron chi connectivity index (χ4n) is 2.58. The average Bonchev–Trinajstić information content (AvgIpc) is 2.52. The molecule has 1 aromatic rings. The molecule has 0 bridgehead atoms. The van der Waals surface area contributed by atoms with Gasteiger partial charge in [-0.25, -0.2) is 4.21 Å². The molecule has 0 heterocycles. The Kier molecular flexibility index (Phi) is 6.32. The highest BCUT2D eigenvalue weighted by atomic mass is 32.2. The maximum Gasteiger partial charge on any atom is 0.155 e. The number of allylic oxidation sites excluding steroid dienone is 3. The van der Waals surface area contributed by atoms with Crippen molar-refractivity contribution in [2.24, 2.45) is 0 Å². The lowest BCUT2D eigenvalue weighted by Gasteiger charge is -2.15. The van der Waals surface area contributed by atoms with Gasteiger partial charge in [-0.1, -0.05) is 31.0 Å². The van der Waals surface area contributed by atoms with E-state index in [9.17, 15) is 9.00 Å². The molecule has 0 spiro atoms. The molecule has 1 aliphatic rings. The van der Waals surface area contributed by atoms with Crippen molar-refractivity contribution in [3.63, 3.8) is 0 Å². The van der Waals surface area contributed by atoms with Crippen molar-refractivity contribution in [1.29, 1.82) is 0 Å². The number of aryl methyl sites for hydroxylation is 1. The lowest BCUT2D eigenvalue weighted by molar-refractivity contribution is -0.115. The van der Waals surface area contributed by atoms with Crippen molar-refractivity contribution < 1.29 is 9.00 Å². The van der Waals surface area contributed by atoms with Gasteiger partial charge in [0.1, 0.15) is 0 Å². The fraction of sp³-hybridized carbons (Fsp3) is 0.421. The molecular formula is C19H24O2S. The zero-order chi connectivity index (χ0) is 15.9. The molecule has 0 amide bonds. The van der Waals surface area contributed by atoms with Crippen LogP contribution in [0.15, 0.2) is 51.8 Å². The monoisotopic (exact) mass is 316 g/mol. The number of hydrogen-bond donors (Lipinski definition) is 0. The SMILES string of the molecule is CCCC/C(=C/S(=O)c1ccc(C)cc1)C1=CC(=O)CCC1. The minimum Gasteiger partial charge on any atom is -0.295 e. The third-order valence-corrected chi connectivity index (χ3v) is 5.15. The summed E-state index contributed by atoms with van der Waals surface area (Å²) in [4.78, 5) is 12.5. The predicted molar refractivity (Wildman–Crippen MR) is 92.1 cm³/mol. The molecule has 1 atom stereocenters. The summed E-state index contributed by atoms with van der Waals surface area (Å²) in [6.07, 6.45) is 7.28. The molecule has 3 heteroatoms. The van der Waals surface area contributed by atoms with E-state index < -0.39 is 10.8 Å². The van der Waals surface area contributed by atoms with E-state index in [-0.39, 0.29) is 5.78 Å². The molecule has 118 valence electrons. The highest BCUT2D eigenvalue weighted by molar-refractivity contribution is 7.88. The Labute approximate surface area is 135 Å². The summed E-state index contributed by atoms with van der Waals surface area (Å²) in [6.45, 7) is 4.17. The number of hydrogen-bond acceptors (Lipinski definition) is 2. The van der Waals surface area contributed by atoms with Gasteiger partial charge in [-0.3, -0.25) is 4.79 Å². The number of ketones is 1. The zero-order valence-electron chi connectivity index (χ0n) is 13.4. The van der Waals surface area contributed by atoms with Crippen molar-refractivity contribution in [3.05, 3.63) is 52.5 Å². The number of carbonyl (C=O) groups excluding carboxylic acids is 1. The van der Waals surface area contributed by atoms with Crippen molar-refractivity contribution in [1.82, 2.24) is 0 Å². The van der Waals surface area contributed by atoms with Gasteiger partial charge in [-0.15, -0.1) is 0 Å². The van der Waals surface area contributed by atoms with Crippen LogP contribution in [0.4, 0.5) is 0 Å². The van der Waals surface area contributed by atoms with E-state index in [1.807, 2.05) is 36.6 Å². The third-order valence-electron chi connectivity index (χ3n) is 3.92. The van der Waals surface area contributed by atoms with Crippen LogP contribution in [0, 0.1) is 6.92 Å². The number of rotatable bonds is 6. The normalized spacial score (nSPS) is 17.3. The fourth-order valence-corrected chi connectivity index (χ4v) is 3.65. The maximum atomic E-state index is 12.6. The van der Waals surface area contributed by atoms with Gasteiger partial charge in [-0.2, -0.15) is 0 Å². The van der Waals surface area contributed by atoms with Gasteiger partial charge >= 0.3 is 0 Å². The predicted octanol–water partition coefficient (Wildman–Crippen LogP) is 4.86. The molecule has 0 saturated carbocycles. The molecule has 0 aromatic heterocycles. The topological polar surface area (TPSA) is 34.1 Å². The van der Waals surface area contributed by atoms with Crippen LogP contribution < -0.4 is 0 Å². The second-order valence-electron chi connectivity index (χ2n) is 5.85. The maximum absolute atomic E-state index is 12.6. The molecule has 1 unspecified atom stereocenters. The second kappa shape index (κ2) is 8.23. The van der Waals surface area contributed by atoms with Gasteiger partial charge in [0.05, 0.1) is 10.8 Å². The van der Waals surface area contributed by atoms with E-state index in [0.717, 1.165) is 53.7 Å². The number of unbranched alkanes of at least 4 members (excludes halogenated alkanes) is 1. The first kappa shape index (κ1) is 16.9. The van der Waals surface area contributed by atoms with Gasteiger partial charge in [0.15, 0.2) is 5.78 Å². The first-order chi connectivity index (χ1) is 10.6. The van der Waals surface area contributed by atoms with Crippen LogP contribution in [-0.4, -0.2) is 9.99 Å². The summed E-state index contributed by atoms with van der Waals surface area (Å²) in [5.41, 5.74) is 3.34. The van der Waals surface area contributed by atoms with Gasteiger partial charge in [0.2, 0.25) is 0 Å². The molecule has 0 fully saturated rings. The molecule has 2 nitrogen and oxygen atoms in total. The van der Waals surface area contributed by atoms with Crippen molar-refractivity contribution in [2.75, 3.05) is 0 Å². The molecule has 1 aromatic carbocycles. The summed E-state index contributed by atoms with van der Waals surface area (Å²) < 4.78 is 12.6. The Hall–Kier alpha value is -1.48. The summed E-state index contributed by atoms with van der Waals surface area (Å²) in [5.74, 6) is 0.199. The summed E-state index contributed by atoms with van der Waals surface area (Å²) in [6, 6.07) is 7.80. The first-order valence-electron chi connectivity index (χ1n) is 8.02. The molecule has 2 rings (SSSR count). The van der Waals surface area contributed by atoms with Crippen LogP contribution in [0.2, 0.25) is 0 Å². The third kappa shape index (κ3) is 4.77. The van der Waals surface area contributed by atoms with Gasteiger partial charge in [0, 0.05) is 16.7 Å². The summed E-state index contributed by atoms with van der Waals surface area (Å²) >= 11 is 0. The number of carbonyl (C=O) groups is 1. The van der Waals surface area contributed by atoms with E-state index in [2.05, 4.69) is 6.92 Å². The highest BCUT2D eigenvalue weighted by Crippen LogP contribution is 2.27. The zero-order valence-corrected chi connectivity index (χ0v) is 14.2. The largest absolute Gasteiger partial charge is 0.295 e. The Balaban J connectivity index is 2.25. The molecule has 0 N–H and O–H groups in total. The van der Waals surface area contributed by atoms with Gasteiger partial charge < -0.3 is 0 Å². The minimum atomic E-state index is -1.15. The van der Waals surface area contributed by atoms with E-state index in [4.69, 9.17) is 0 Å². The molecule has 0 aliphatic heterocycles. The van der Waals surface area contributed by atoms with E-state index in [1.54, 1.807) is 6.08 Å². The first-order valence-corrected chi connectivity index (χ1v) is 9.23. The van der Waals surface area contributed by atoms with Gasteiger partial charge in [-0.05, 0) is 62.0 Å². The molecule has 1 aliphatic carbocycles.